The Kier molecular flexibility index (Phi) is 3.48. The van der Waals surface area contributed by atoms with Gasteiger partial charge in [-0.15, -0.1) is 0 Å². The topological polar surface area (TPSA) is 63.4 Å². The van der Waals surface area contributed by atoms with Gasteiger partial charge in [0.25, 0.3) is 0 Å². The molecule has 0 aliphatic carbocycles. The van der Waals surface area contributed by atoms with E-state index in [1.165, 1.54) is 0 Å². The molecule has 2 aromatic carbocycles. The number of aromatic amines is 1. The minimum absolute atomic E-state index is 0.124. The number of para-hydroxylation sites is 1. The van der Waals surface area contributed by atoms with Gasteiger partial charge in [0.15, 0.2) is 0 Å². The lowest BCUT2D eigenvalue weighted by atomic mass is 9.92. The standard InChI is InChI=1S/C19H13N3/c1-13-18(16-9-5-6-10-17(16)22-13)19(15(11-20)12-21)14-7-3-2-4-8-14/h2-10,22H,1H3. The third-order valence-corrected chi connectivity index (χ3v) is 3.68. The lowest BCUT2D eigenvalue weighted by Crippen LogP contribution is -1.94. The van der Waals surface area contributed by atoms with Gasteiger partial charge < -0.3 is 4.98 Å². The predicted octanol–water partition coefficient (Wildman–Crippen LogP) is 4.33. The first-order chi connectivity index (χ1) is 10.8. The van der Waals surface area contributed by atoms with E-state index in [1.807, 2.05) is 73.7 Å². The number of fused-ring (bicyclic) bond motifs is 1. The van der Waals surface area contributed by atoms with Gasteiger partial charge in [-0.3, -0.25) is 0 Å². The second-order valence-corrected chi connectivity index (χ2v) is 5.01. The number of rotatable bonds is 2. The van der Waals surface area contributed by atoms with Crippen molar-refractivity contribution in [3.63, 3.8) is 0 Å². The van der Waals surface area contributed by atoms with Gasteiger partial charge in [-0.1, -0.05) is 48.5 Å². The Morgan fingerprint density at radius 2 is 1.55 bits per heavy atom. The third-order valence-electron chi connectivity index (χ3n) is 3.68. The average molecular weight is 283 g/mol. The van der Waals surface area contributed by atoms with E-state index >= 15 is 0 Å². The predicted molar refractivity (Wildman–Crippen MR) is 86.7 cm³/mol. The van der Waals surface area contributed by atoms with E-state index in [0.29, 0.717) is 5.57 Å². The summed E-state index contributed by atoms with van der Waals surface area (Å²) in [5.74, 6) is 0. The Labute approximate surface area is 128 Å². The molecule has 0 atom stereocenters. The molecule has 1 heterocycles. The molecule has 1 N–H and O–H groups in total. The van der Waals surface area contributed by atoms with Crippen LogP contribution < -0.4 is 0 Å². The summed E-state index contributed by atoms with van der Waals surface area (Å²) in [7, 11) is 0. The zero-order valence-corrected chi connectivity index (χ0v) is 12.1. The smallest absolute Gasteiger partial charge is 0.138 e. The largest absolute Gasteiger partial charge is 0.358 e. The highest BCUT2D eigenvalue weighted by molar-refractivity contribution is 6.00. The maximum atomic E-state index is 9.38. The van der Waals surface area contributed by atoms with Crippen LogP contribution in [0.4, 0.5) is 0 Å². The number of H-pyrrole nitrogens is 1. The van der Waals surface area contributed by atoms with Crippen molar-refractivity contribution in [2.75, 3.05) is 0 Å². The Bertz CT molecular complexity index is 932. The summed E-state index contributed by atoms with van der Waals surface area (Å²) in [6.07, 6.45) is 0. The molecule has 104 valence electrons. The Hall–Kier alpha value is -3.30. The van der Waals surface area contributed by atoms with E-state index in [-0.39, 0.29) is 5.57 Å². The molecule has 1 aromatic heterocycles. The summed E-state index contributed by atoms with van der Waals surface area (Å²) in [5, 5.41) is 19.8. The number of nitriles is 2. The Morgan fingerprint density at radius 1 is 0.909 bits per heavy atom. The molecule has 0 bridgehead atoms. The molecule has 3 heteroatoms. The van der Waals surface area contributed by atoms with Crippen molar-refractivity contribution in [1.29, 1.82) is 10.5 Å². The van der Waals surface area contributed by atoms with Gasteiger partial charge in [-0.25, -0.2) is 0 Å². The van der Waals surface area contributed by atoms with Gasteiger partial charge in [-0.2, -0.15) is 10.5 Å². The molecule has 0 saturated carbocycles. The summed E-state index contributed by atoms with van der Waals surface area (Å²) in [6.45, 7) is 1.96. The van der Waals surface area contributed by atoms with Gasteiger partial charge in [0, 0.05) is 27.7 Å². The van der Waals surface area contributed by atoms with E-state index in [4.69, 9.17) is 0 Å². The molecule has 0 aliphatic rings. The van der Waals surface area contributed by atoms with Crippen molar-refractivity contribution in [3.8, 4) is 12.1 Å². The number of nitrogens with one attached hydrogen (secondary N) is 1. The molecule has 3 rings (SSSR count). The third kappa shape index (κ3) is 2.16. The molecule has 3 aromatic rings. The zero-order chi connectivity index (χ0) is 15.5. The van der Waals surface area contributed by atoms with E-state index in [9.17, 15) is 10.5 Å². The summed E-state index contributed by atoms with van der Waals surface area (Å²) in [4.78, 5) is 3.33. The minimum atomic E-state index is 0.124. The fraction of sp³-hybridized carbons (Fsp3) is 0.0526. The van der Waals surface area contributed by atoms with Gasteiger partial charge in [-0.05, 0) is 18.6 Å². The number of aryl methyl sites for hydroxylation is 1. The molecule has 0 spiro atoms. The summed E-state index contributed by atoms with van der Waals surface area (Å²) < 4.78 is 0. The Balaban J connectivity index is 2.42. The quantitative estimate of drug-likeness (QED) is 0.712. The second kappa shape index (κ2) is 5.60. The maximum Gasteiger partial charge on any atom is 0.138 e. The van der Waals surface area contributed by atoms with Gasteiger partial charge in [0.05, 0.1) is 0 Å². The first kappa shape index (κ1) is 13.7. The highest BCUT2D eigenvalue weighted by Gasteiger charge is 2.18. The number of hydrogen-bond acceptors (Lipinski definition) is 2. The van der Waals surface area contributed by atoms with Crippen LogP contribution in [0.1, 0.15) is 16.8 Å². The van der Waals surface area contributed by atoms with Crippen molar-refractivity contribution in [2.24, 2.45) is 0 Å². The van der Waals surface area contributed by atoms with Gasteiger partial charge in [0.2, 0.25) is 0 Å². The molecule has 3 nitrogen and oxygen atoms in total. The van der Waals surface area contributed by atoms with Crippen LogP contribution in [0.15, 0.2) is 60.2 Å². The average Bonchev–Trinajstić information content (AvgIpc) is 2.89. The molecule has 0 saturated heterocycles. The first-order valence-electron chi connectivity index (χ1n) is 6.94. The van der Waals surface area contributed by atoms with E-state index in [2.05, 4.69) is 4.98 Å². The molecule has 0 unspecified atom stereocenters. The lowest BCUT2D eigenvalue weighted by Gasteiger charge is -2.09. The Morgan fingerprint density at radius 3 is 2.23 bits per heavy atom. The van der Waals surface area contributed by atoms with Gasteiger partial charge in [0.1, 0.15) is 17.7 Å². The number of hydrogen-bond donors (Lipinski definition) is 1. The fourth-order valence-corrected chi connectivity index (χ4v) is 2.75. The summed E-state index contributed by atoms with van der Waals surface area (Å²) in [5.41, 5.74) is 4.54. The van der Waals surface area contributed by atoms with Crippen LogP contribution in [-0.2, 0) is 0 Å². The molecule has 0 amide bonds. The van der Waals surface area contributed by atoms with Crippen molar-refractivity contribution in [1.82, 2.24) is 4.98 Å². The van der Waals surface area contributed by atoms with Crippen LogP contribution in [0.2, 0.25) is 0 Å². The SMILES string of the molecule is Cc1[nH]c2ccccc2c1C(=C(C#N)C#N)c1ccccc1. The van der Waals surface area contributed by atoms with Crippen LogP contribution in [0.5, 0.6) is 0 Å². The highest BCUT2D eigenvalue weighted by atomic mass is 14.7. The molecule has 22 heavy (non-hydrogen) atoms. The van der Waals surface area contributed by atoms with Crippen LogP contribution in [0.3, 0.4) is 0 Å². The zero-order valence-electron chi connectivity index (χ0n) is 12.1. The lowest BCUT2D eigenvalue weighted by molar-refractivity contribution is 1.28. The monoisotopic (exact) mass is 283 g/mol. The number of nitrogens with zero attached hydrogens (tertiary/aromatic N) is 2. The van der Waals surface area contributed by atoms with Crippen molar-refractivity contribution >= 4 is 16.5 Å². The maximum absolute atomic E-state index is 9.38. The van der Waals surface area contributed by atoms with Crippen molar-refractivity contribution < 1.29 is 0 Å². The summed E-state index contributed by atoms with van der Waals surface area (Å²) >= 11 is 0. The molecule has 0 fully saturated rings. The molecular weight excluding hydrogens is 270 g/mol. The minimum Gasteiger partial charge on any atom is -0.358 e. The van der Waals surface area contributed by atoms with Crippen molar-refractivity contribution in [3.05, 3.63) is 77.0 Å². The van der Waals surface area contributed by atoms with E-state index in [0.717, 1.165) is 27.7 Å². The van der Waals surface area contributed by atoms with Gasteiger partial charge >= 0.3 is 0 Å². The van der Waals surface area contributed by atoms with Crippen LogP contribution in [-0.4, -0.2) is 4.98 Å². The number of benzene rings is 2. The fourth-order valence-electron chi connectivity index (χ4n) is 2.75. The van der Waals surface area contributed by atoms with Crippen LogP contribution in [0.25, 0.3) is 16.5 Å². The molecule has 0 radical (unpaired) electrons. The number of aromatic nitrogens is 1. The normalized spacial score (nSPS) is 9.95. The molecular formula is C19H13N3. The highest BCUT2D eigenvalue weighted by Crippen LogP contribution is 2.34. The molecule has 0 aliphatic heterocycles. The second-order valence-electron chi connectivity index (χ2n) is 5.01. The van der Waals surface area contributed by atoms with Crippen LogP contribution >= 0.6 is 0 Å². The summed E-state index contributed by atoms with van der Waals surface area (Å²) in [6, 6.07) is 21.6. The van der Waals surface area contributed by atoms with E-state index in [1.54, 1.807) is 0 Å². The van der Waals surface area contributed by atoms with E-state index < -0.39 is 0 Å². The van der Waals surface area contributed by atoms with Crippen LogP contribution in [0, 0.1) is 29.6 Å². The first-order valence-corrected chi connectivity index (χ1v) is 6.94. The number of allylic oxidation sites excluding steroid dienone is 1. The van der Waals surface area contributed by atoms with Crippen molar-refractivity contribution in [2.45, 2.75) is 6.92 Å².